The van der Waals surface area contributed by atoms with Crippen LogP contribution in [0.2, 0.25) is 5.02 Å². The zero-order chi connectivity index (χ0) is 14.1. The summed E-state index contributed by atoms with van der Waals surface area (Å²) in [6.07, 6.45) is 3.37. The summed E-state index contributed by atoms with van der Waals surface area (Å²) in [7, 11) is 0. The zero-order valence-corrected chi connectivity index (χ0v) is 11.3. The molecule has 3 rings (SSSR count). The van der Waals surface area contributed by atoms with Gasteiger partial charge in [-0.15, -0.1) is 0 Å². The molecule has 2 N–H and O–H groups in total. The molecule has 0 aliphatic carbocycles. The molecule has 6 nitrogen and oxygen atoms in total. The first-order valence-corrected chi connectivity index (χ1v) is 6.19. The van der Waals surface area contributed by atoms with Crippen LogP contribution in [-0.2, 0) is 0 Å². The van der Waals surface area contributed by atoms with E-state index < -0.39 is 0 Å². The Hall–Kier alpha value is -2.47. The summed E-state index contributed by atoms with van der Waals surface area (Å²) >= 11 is 6.09. The number of nitrogens with two attached hydrogens (primary N) is 1. The third-order valence-corrected chi connectivity index (χ3v) is 2.96. The molecule has 0 aliphatic rings. The topological polar surface area (TPSA) is 90.7 Å². The Morgan fingerprint density at radius 1 is 1.15 bits per heavy atom. The van der Waals surface area contributed by atoms with E-state index in [0.29, 0.717) is 27.9 Å². The van der Waals surface area contributed by atoms with Gasteiger partial charge in [-0.05, 0) is 30.7 Å². The minimum Gasteiger partial charge on any atom is -0.399 e. The van der Waals surface area contributed by atoms with Crippen LogP contribution in [0.3, 0.4) is 0 Å². The molecule has 0 saturated carbocycles. The summed E-state index contributed by atoms with van der Waals surface area (Å²) in [4.78, 5) is 12.5. The van der Waals surface area contributed by atoms with Crippen molar-refractivity contribution in [3.63, 3.8) is 0 Å². The lowest BCUT2D eigenvalue weighted by Gasteiger charge is -1.99. The quantitative estimate of drug-likeness (QED) is 0.729. The highest BCUT2D eigenvalue weighted by atomic mass is 35.5. The Bertz CT molecular complexity index is 754. The van der Waals surface area contributed by atoms with Crippen LogP contribution in [0.1, 0.15) is 5.56 Å². The van der Waals surface area contributed by atoms with Gasteiger partial charge >= 0.3 is 0 Å². The van der Waals surface area contributed by atoms with Crippen molar-refractivity contribution in [2.75, 3.05) is 5.73 Å². The van der Waals surface area contributed by atoms with Crippen molar-refractivity contribution in [3.05, 3.63) is 41.2 Å². The summed E-state index contributed by atoms with van der Waals surface area (Å²) in [5.74, 6) is 0.977. The standard InChI is InChI=1S/C13H10ClN5O/c1-7-5-16-11(17-6-7)12-18-13(20-19-12)9-4-8(15)2-3-10(9)14/h2-6H,15H2,1H3. The van der Waals surface area contributed by atoms with Gasteiger partial charge in [0.15, 0.2) is 0 Å². The molecule has 7 heteroatoms. The molecule has 0 bridgehead atoms. The van der Waals surface area contributed by atoms with Crippen molar-refractivity contribution in [1.29, 1.82) is 0 Å². The number of aryl methyl sites for hydroxylation is 1. The van der Waals surface area contributed by atoms with Crippen LogP contribution in [-0.4, -0.2) is 20.1 Å². The molecule has 2 heterocycles. The number of benzene rings is 1. The highest BCUT2D eigenvalue weighted by Crippen LogP contribution is 2.29. The summed E-state index contributed by atoms with van der Waals surface area (Å²) in [5.41, 5.74) is 7.83. The Morgan fingerprint density at radius 3 is 2.65 bits per heavy atom. The van der Waals surface area contributed by atoms with Crippen LogP contribution >= 0.6 is 11.6 Å². The Labute approximate surface area is 119 Å². The number of hydrogen-bond acceptors (Lipinski definition) is 6. The van der Waals surface area contributed by atoms with Crippen LogP contribution in [0.15, 0.2) is 35.1 Å². The Morgan fingerprint density at radius 2 is 1.90 bits per heavy atom. The summed E-state index contributed by atoms with van der Waals surface area (Å²) in [6.45, 7) is 1.90. The maximum atomic E-state index is 6.09. The zero-order valence-electron chi connectivity index (χ0n) is 10.5. The van der Waals surface area contributed by atoms with Gasteiger partial charge in [0.1, 0.15) is 0 Å². The molecule has 2 aromatic heterocycles. The number of anilines is 1. The predicted octanol–water partition coefficient (Wildman–Crippen LogP) is 2.74. The fraction of sp³-hybridized carbons (Fsp3) is 0.0769. The molecule has 0 aliphatic heterocycles. The van der Waals surface area contributed by atoms with Gasteiger partial charge < -0.3 is 10.3 Å². The van der Waals surface area contributed by atoms with Crippen molar-refractivity contribution in [2.24, 2.45) is 0 Å². The van der Waals surface area contributed by atoms with Crippen LogP contribution in [0.5, 0.6) is 0 Å². The van der Waals surface area contributed by atoms with E-state index in [1.165, 1.54) is 0 Å². The molecule has 0 fully saturated rings. The average Bonchev–Trinajstić information content (AvgIpc) is 2.92. The molecule has 100 valence electrons. The maximum absolute atomic E-state index is 6.09. The van der Waals surface area contributed by atoms with E-state index in [-0.39, 0.29) is 5.89 Å². The van der Waals surface area contributed by atoms with E-state index in [4.69, 9.17) is 21.9 Å². The average molecular weight is 288 g/mol. The van der Waals surface area contributed by atoms with Gasteiger partial charge in [-0.25, -0.2) is 9.97 Å². The highest BCUT2D eigenvalue weighted by Gasteiger charge is 2.15. The minimum absolute atomic E-state index is 0.279. The van der Waals surface area contributed by atoms with Crippen molar-refractivity contribution in [1.82, 2.24) is 20.1 Å². The number of nitrogen functional groups attached to an aromatic ring is 1. The van der Waals surface area contributed by atoms with Crippen molar-refractivity contribution >= 4 is 17.3 Å². The van der Waals surface area contributed by atoms with E-state index in [0.717, 1.165) is 5.56 Å². The minimum atomic E-state index is 0.279. The first-order valence-electron chi connectivity index (χ1n) is 5.81. The van der Waals surface area contributed by atoms with Gasteiger partial charge in [0.2, 0.25) is 11.6 Å². The van der Waals surface area contributed by atoms with Crippen LogP contribution in [0, 0.1) is 6.92 Å². The van der Waals surface area contributed by atoms with E-state index in [1.54, 1.807) is 30.6 Å². The van der Waals surface area contributed by atoms with Gasteiger partial charge in [-0.1, -0.05) is 16.8 Å². The number of hydrogen-bond donors (Lipinski definition) is 1. The molecule has 1 aromatic carbocycles. The number of aromatic nitrogens is 4. The molecule has 0 spiro atoms. The third kappa shape index (κ3) is 2.33. The fourth-order valence-corrected chi connectivity index (χ4v) is 1.84. The monoisotopic (exact) mass is 287 g/mol. The third-order valence-electron chi connectivity index (χ3n) is 2.63. The molecular formula is C13H10ClN5O. The summed E-state index contributed by atoms with van der Waals surface area (Å²) in [6, 6.07) is 5.06. The molecular weight excluding hydrogens is 278 g/mol. The molecule has 0 atom stereocenters. The largest absolute Gasteiger partial charge is 0.399 e. The fourth-order valence-electron chi connectivity index (χ4n) is 1.64. The second kappa shape index (κ2) is 4.90. The molecule has 0 saturated heterocycles. The van der Waals surface area contributed by atoms with Gasteiger partial charge in [-0.2, -0.15) is 4.98 Å². The van der Waals surface area contributed by atoms with Crippen molar-refractivity contribution < 1.29 is 4.52 Å². The lowest BCUT2D eigenvalue weighted by atomic mass is 10.2. The van der Waals surface area contributed by atoms with Crippen molar-refractivity contribution in [2.45, 2.75) is 6.92 Å². The van der Waals surface area contributed by atoms with E-state index >= 15 is 0 Å². The Balaban J connectivity index is 2.01. The first-order chi connectivity index (χ1) is 9.63. The van der Waals surface area contributed by atoms with E-state index in [1.807, 2.05) is 6.92 Å². The normalized spacial score (nSPS) is 10.7. The van der Waals surface area contributed by atoms with Gasteiger partial charge in [0.05, 0.1) is 10.6 Å². The van der Waals surface area contributed by atoms with Crippen LogP contribution < -0.4 is 5.73 Å². The first kappa shape index (κ1) is 12.6. The second-order valence-electron chi connectivity index (χ2n) is 4.25. The lowest BCUT2D eigenvalue weighted by Crippen LogP contribution is -1.91. The predicted molar refractivity (Wildman–Crippen MR) is 74.9 cm³/mol. The second-order valence-corrected chi connectivity index (χ2v) is 4.65. The number of rotatable bonds is 2. The summed E-state index contributed by atoms with van der Waals surface area (Å²) < 4.78 is 5.19. The number of halogens is 1. The van der Waals surface area contributed by atoms with Crippen molar-refractivity contribution in [3.8, 4) is 23.1 Å². The smallest absolute Gasteiger partial charge is 0.259 e. The van der Waals surface area contributed by atoms with Crippen LogP contribution in [0.25, 0.3) is 23.1 Å². The molecule has 0 radical (unpaired) electrons. The molecule has 0 amide bonds. The van der Waals surface area contributed by atoms with E-state index in [2.05, 4.69) is 20.1 Å². The Kier molecular flexibility index (Phi) is 3.08. The SMILES string of the molecule is Cc1cnc(-c2noc(-c3cc(N)ccc3Cl)n2)nc1. The molecule has 0 unspecified atom stereocenters. The van der Waals surface area contributed by atoms with Gasteiger partial charge in [0.25, 0.3) is 5.89 Å². The van der Waals surface area contributed by atoms with Crippen LogP contribution in [0.4, 0.5) is 5.69 Å². The molecule has 3 aromatic rings. The van der Waals surface area contributed by atoms with E-state index in [9.17, 15) is 0 Å². The van der Waals surface area contributed by atoms with Gasteiger partial charge in [-0.3, -0.25) is 0 Å². The number of nitrogens with zero attached hydrogens (tertiary/aromatic N) is 4. The highest BCUT2D eigenvalue weighted by molar-refractivity contribution is 6.33. The van der Waals surface area contributed by atoms with Gasteiger partial charge in [0, 0.05) is 18.1 Å². The summed E-state index contributed by atoms with van der Waals surface area (Å²) in [5, 5.41) is 4.34. The maximum Gasteiger partial charge on any atom is 0.259 e. The molecule has 20 heavy (non-hydrogen) atoms. The lowest BCUT2D eigenvalue weighted by molar-refractivity contribution is 0.432.